The number of aliphatic hydroxyl groups excluding tert-OH is 1. The fourth-order valence-corrected chi connectivity index (χ4v) is 4.32. The molecule has 0 aromatic rings. The maximum Gasteiger partial charge on any atom is 0.126 e. The SMILES string of the molecule is CCCCCCCCCCCCCCCCOCCOCCOCCOCC(O)C[N+](C)(C)CC(=O)[O-]. The Labute approximate surface area is 227 Å². The van der Waals surface area contributed by atoms with Gasteiger partial charge in [0.25, 0.3) is 0 Å². The summed E-state index contributed by atoms with van der Waals surface area (Å²) in [4.78, 5) is 10.7. The first-order valence-electron chi connectivity index (χ1n) is 14.9. The molecule has 0 heterocycles. The standard InChI is InChI=1S/C29H59NO7/c1-4-5-6-7-8-9-10-11-12-13-14-15-16-17-18-34-19-20-35-21-22-36-23-24-37-27-28(31)25-30(2,3)26-29(32)33/h28,31H,4-27H2,1-3H3. The Kier molecular flexibility index (Phi) is 26.3. The third kappa shape index (κ3) is 29.6. The molecule has 37 heavy (non-hydrogen) atoms. The highest BCUT2D eigenvalue weighted by molar-refractivity contribution is 5.65. The molecule has 0 rings (SSSR count). The number of carboxylic acids is 1. The molecule has 0 bridgehead atoms. The zero-order chi connectivity index (χ0) is 27.5. The Balaban J connectivity index is 3.20. The van der Waals surface area contributed by atoms with Gasteiger partial charge in [-0.15, -0.1) is 0 Å². The number of unbranched alkanes of at least 4 members (excludes halogenated alkanes) is 13. The van der Waals surface area contributed by atoms with Crippen LogP contribution in [0.5, 0.6) is 0 Å². The van der Waals surface area contributed by atoms with Crippen molar-refractivity contribution in [2.24, 2.45) is 0 Å². The second-order valence-corrected chi connectivity index (χ2v) is 10.8. The van der Waals surface area contributed by atoms with E-state index in [-0.39, 0.29) is 24.2 Å². The van der Waals surface area contributed by atoms with Crippen LogP contribution in [0.4, 0.5) is 0 Å². The fourth-order valence-electron chi connectivity index (χ4n) is 4.32. The number of hydrogen-bond donors (Lipinski definition) is 1. The zero-order valence-corrected chi connectivity index (χ0v) is 24.4. The van der Waals surface area contributed by atoms with Crippen LogP contribution in [-0.4, -0.2) is 102 Å². The molecule has 0 saturated heterocycles. The summed E-state index contributed by atoms with van der Waals surface area (Å²) in [5, 5.41) is 20.7. The van der Waals surface area contributed by atoms with Gasteiger partial charge in [0.15, 0.2) is 0 Å². The largest absolute Gasteiger partial charge is 0.544 e. The van der Waals surface area contributed by atoms with Crippen molar-refractivity contribution in [2.75, 3.05) is 80.0 Å². The molecule has 0 aromatic carbocycles. The smallest absolute Gasteiger partial charge is 0.126 e. The highest BCUT2D eigenvalue weighted by Gasteiger charge is 2.20. The topological polar surface area (TPSA) is 97.3 Å². The van der Waals surface area contributed by atoms with Gasteiger partial charge in [0.1, 0.15) is 19.2 Å². The van der Waals surface area contributed by atoms with Crippen molar-refractivity contribution in [1.82, 2.24) is 0 Å². The molecule has 0 fully saturated rings. The predicted molar refractivity (Wildman–Crippen MR) is 146 cm³/mol. The first kappa shape index (κ1) is 36.2. The van der Waals surface area contributed by atoms with E-state index >= 15 is 0 Å². The number of carboxylic acid groups (broad SMARTS) is 1. The van der Waals surface area contributed by atoms with Gasteiger partial charge in [-0.3, -0.25) is 0 Å². The molecule has 222 valence electrons. The van der Waals surface area contributed by atoms with Crippen LogP contribution in [0.25, 0.3) is 0 Å². The first-order valence-corrected chi connectivity index (χ1v) is 14.9. The van der Waals surface area contributed by atoms with Crippen LogP contribution in [-0.2, 0) is 23.7 Å². The molecule has 1 atom stereocenters. The minimum atomic E-state index is -1.13. The van der Waals surface area contributed by atoms with Gasteiger partial charge < -0.3 is 38.4 Å². The Morgan fingerprint density at radius 2 is 1.03 bits per heavy atom. The maximum absolute atomic E-state index is 10.7. The molecular formula is C29H59NO7. The molecule has 0 saturated carbocycles. The van der Waals surface area contributed by atoms with E-state index in [1.54, 1.807) is 14.1 Å². The van der Waals surface area contributed by atoms with Crippen molar-refractivity contribution in [1.29, 1.82) is 0 Å². The van der Waals surface area contributed by atoms with Gasteiger partial charge in [-0.2, -0.15) is 0 Å². The van der Waals surface area contributed by atoms with Gasteiger partial charge in [0, 0.05) is 6.61 Å². The second kappa shape index (κ2) is 26.8. The van der Waals surface area contributed by atoms with Gasteiger partial charge in [-0.25, -0.2) is 0 Å². The minimum Gasteiger partial charge on any atom is -0.544 e. The van der Waals surface area contributed by atoms with E-state index in [9.17, 15) is 15.0 Å². The third-order valence-electron chi connectivity index (χ3n) is 6.33. The number of nitrogens with zero attached hydrogens (tertiary/aromatic N) is 1. The van der Waals surface area contributed by atoms with Gasteiger partial charge in [-0.1, -0.05) is 90.4 Å². The monoisotopic (exact) mass is 533 g/mol. The van der Waals surface area contributed by atoms with Crippen LogP contribution in [0.3, 0.4) is 0 Å². The van der Waals surface area contributed by atoms with E-state index in [2.05, 4.69) is 6.92 Å². The molecule has 0 amide bonds. The van der Waals surface area contributed by atoms with E-state index < -0.39 is 12.1 Å². The summed E-state index contributed by atoms with van der Waals surface area (Å²) in [6.07, 6.45) is 18.4. The number of quaternary nitrogens is 1. The lowest BCUT2D eigenvalue weighted by molar-refractivity contribution is -0.887. The third-order valence-corrected chi connectivity index (χ3v) is 6.33. The van der Waals surface area contributed by atoms with Gasteiger partial charge in [-0.05, 0) is 6.42 Å². The van der Waals surface area contributed by atoms with Gasteiger partial charge in [0.05, 0.1) is 66.3 Å². The summed E-state index contributed by atoms with van der Waals surface area (Å²) in [5.74, 6) is -1.13. The van der Waals surface area contributed by atoms with E-state index in [1.165, 1.54) is 83.5 Å². The van der Waals surface area contributed by atoms with Crippen molar-refractivity contribution >= 4 is 5.97 Å². The summed E-state index contributed by atoms with van der Waals surface area (Å²) in [7, 11) is 3.46. The molecule has 1 unspecified atom stereocenters. The van der Waals surface area contributed by atoms with E-state index in [1.807, 2.05) is 0 Å². The number of aliphatic carboxylic acids is 1. The number of ether oxygens (including phenoxy) is 4. The van der Waals surface area contributed by atoms with Crippen molar-refractivity contribution < 1.29 is 38.4 Å². The van der Waals surface area contributed by atoms with Crippen LogP contribution in [0, 0.1) is 0 Å². The van der Waals surface area contributed by atoms with Gasteiger partial charge >= 0.3 is 0 Å². The minimum absolute atomic E-state index is 0.143. The average Bonchev–Trinajstić information content (AvgIpc) is 2.82. The Morgan fingerprint density at radius 3 is 1.46 bits per heavy atom. The molecule has 1 N–H and O–H groups in total. The average molecular weight is 534 g/mol. The highest BCUT2D eigenvalue weighted by Crippen LogP contribution is 2.13. The Bertz CT molecular complexity index is 491. The first-order chi connectivity index (χ1) is 17.9. The number of rotatable bonds is 30. The second-order valence-electron chi connectivity index (χ2n) is 10.8. The molecule has 0 aliphatic heterocycles. The number of likely N-dealkylation sites (N-methyl/N-ethyl adjacent to an activating group) is 1. The number of aliphatic hydroxyl groups is 1. The highest BCUT2D eigenvalue weighted by atomic mass is 16.6. The summed E-state index contributed by atoms with van der Waals surface area (Å²) < 4.78 is 22.1. The molecule has 0 aliphatic carbocycles. The van der Waals surface area contributed by atoms with Gasteiger partial charge in [0.2, 0.25) is 0 Å². The molecule has 8 nitrogen and oxygen atoms in total. The Morgan fingerprint density at radius 1 is 0.649 bits per heavy atom. The summed E-state index contributed by atoms with van der Waals surface area (Å²) in [5.41, 5.74) is 0. The fraction of sp³-hybridized carbons (Fsp3) is 0.966. The van der Waals surface area contributed by atoms with Crippen LogP contribution in [0.2, 0.25) is 0 Å². The lowest BCUT2D eigenvalue weighted by atomic mass is 10.0. The summed E-state index contributed by atoms with van der Waals surface area (Å²) in [6, 6.07) is 0. The van der Waals surface area contributed by atoms with Crippen molar-refractivity contribution in [3.05, 3.63) is 0 Å². The molecule has 0 aromatic heterocycles. The van der Waals surface area contributed by atoms with Crippen molar-refractivity contribution in [2.45, 2.75) is 103 Å². The molecule has 0 radical (unpaired) electrons. The van der Waals surface area contributed by atoms with Crippen LogP contribution in [0.1, 0.15) is 96.8 Å². The molecular weight excluding hydrogens is 474 g/mol. The number of carbonyl (C=O) groups excluding carboxylic acids is 1. The van der Waals surface area contributed by atoms with Crippen LogP contribution >= 0.6 is 0 Å². The number of hydrogen-bond acceptors (Lipinski definition) is 7. The zero-order valence-electron chi connectivity index (χ0n) is 24.4. The van der Waals surface area contributed by atoms with E-state index in [4.69, 9.17) is 18.9 Å². The normalized spacial score (nSPS) is 12.8. The lowest BCUT2D eigenvalue weighted by Crippen LogP contribution is -2.52. The number of carbonyl (C=O) groups is 1. The molecule has 8 heteroatoms. The maximum atomic E-state index is 10.7. The van der Waals surface area contributed by atoms with E-state index in [0.29, 0.717) is 39.6 Å². The Hall–Kier alpha value is -0.770. The van der Waals surface area contributed by atoms with E-state index in [0.717, 1.165) is 13.0 Å². The summed E-state index contributed by atoms with van der Waals surface area (Å²) in [6.45, 7) is 6.34. The van der Waals surface area contributed by atoms with Crippen molar-refractivity contribution in [3.63, 3.8) is 0 Å². The predicted octanol–water partition coefficient (Wildman–Crippen LogP) is 3.72. The molecule has 0 spiro atoms. The lowest BCUT2D eigenvalue weighted by Gasteiger charge is -2.31. The van der Waals surface area contributed by atoms with Crippen molar-refractivity contribution in [3.8, 4) is 0 Å². The van der Waals surface area contributed by atoms with Crippen LogP contribution < -0.4 is 5.11 Å². The summed E-state index contributed by atoms with van der Waals surface area (Å²) >= 11 is 0. The quantitative estimate of drug-likeness (QED) is 0.111. The van der Waals surface area contributed by atoms with Crippen LogP contribution in [0.15, 0.2) is 0 Å². The molecule has 0 aliphatic rings.